The predicted molar refractivity (Wildman–Crippen MR) is 101 cm³/mol. The normalized spacial score (nSPS) is 11.1. The van der Waals surface area contributed by atoms with Crippen molar-refractivity contribution in [2.75, 3.05) is 0 Å². The van der Waals surface area contributed by atoms with Crippen molar-refractivity contribution in [3.63, 3.8) is 0 Å². The summed E-state index contributed by atoms with van der Waals surface area (Å²) >= 11 is 5.84. The summed E-state index contributed by atoms with van der Waals surface area (Å²) in [6.45, 7) is 0. The van der Waals surface area contributed by atoms with E-state index in [-0.39, 0.29) is 5.28 Å². The van der Waals surface area contributed by atoms with Crippen molar-refractivity contribution < 1.29 is 4.74 Å². The highest BCUT2D eigenvalue weighted by Crippen LogP contribution is 2.30. The Hall–Kier alpha value is -3.58. The molecule has 0 saturated heterocycles. The number of fused-ring (bicyclic) bond motifs is 2. The fourth-order valence-electron chi connectivity index (χ4n) is 2.83. The lowest BCUT2D eigenvalue weighted by Gasteiger charge is -2.08. The average Bonchev–Trinajstić information content (AvgIpc) is 3.12. The lowest BCUT2D eigenvalue weighted by molar-refractivity contribution is 0.466. The van der Waals surface area contributed by atoms with Crippen LogP contribution >= 0.6 is 11.6 Å². The van der Waals surface area contributed by atoms with Gasteiger partial charge in [-0.2, -0.15) is 4.98 Å². The smallest absolute Gasteiger partial charge is 0.225 e. The van der Waals surface area contributed by atoms with Crippen LogP contribution in [0, 0.1) is 0 Å². The molecule has 1 aromatic carbocycles. The summed E-state index contributed by atoms with van der Waals surface area (Å²) in [4.78, 5) is 12.7. The quantitative estimate of drug-likeness (QED) is 0.441. The van der Waals surface area contributed by atoms with E-state index in [9.17, 15) is 0 Å². The van der Waals surface area contributed by atoms with Crippen LogP contribution in [0.25, 0.3) is 28.1 Å². The molecule has 0 aliphatic heterocycles. The molecule has 0 unspecified atom stereocenters. The van der Waals surface area contributed by atoms with Gasteiger partial charge in [-0.15, -0.1) is 10.2 Å². The molecule has 8 heteroatoms. The molecule has 0 aliphatic carbocycles. The number of pyridine rings is 2. The van der Waals surface area contributed by atoms with Crippen molar-refractivity contribution in [2.45, 2.75) is 0 Å². The maximum atomic E-state index is 5.89. The highest BCUT2D eigenvalue weighted by Gasteiger charge is 2.12. The molecule has 5 aromatic rings. The summed E-state index contributed by atoms with van der Waals surface area (Å²) in [7, 11) is 0. The molecular formula is C19H11ClN6O. The van der Waals surface area contributed by atoms with Crippen LogP contribution in [0.1, 0.15) is 0 Å². The van der Waals surface area contributed by atoms with E-state index in [0.717, 1.165) is 11.0 Å². The molecule has 0 fully saturated rings. The number of aromatic nitrogens is 6. The van der Waals surface area contributed by atoms with Crippen LogP contribution in [0.15, 0.2) is 67.0 Å². The minimum atomic E-state index is 0.122. The van der Waals surface area contributed by atoms with E-state index in [2.05, 4.69) is 20.2 Å². The Morgan fingerprint density at radius 1 is 0.889 bits per heavy atom. The number of benzene rings is 1. The first-order valence-electron chi connectivity index (χ1n) is 8.14. The summed E-state index contributed by atoms with van der Waals surface area (Å²) in [5.74, 6) is 1.58. The Labute approximate surface area is 158 Å². The zero-order valence-corrected chi connectivity index (χ0v) is 14.6. The van der Waals surface area contributed by atoms with Crippen LogP contribution in [0.3, 0.4) is 0 Å². The first-order chi connectivity index (χ1) is 13.3. The molecule has 0 amide bonds. The van der Waals surface area contributed by atoms with Crippen LogP contribution in [0.5, 0.6) is 11.6 Å². The zero-order chi connectivity index (χ0) is 18.2. The van der Waals surface area contributed by atoms with Gasteiger partial charge in [-0.1, -0.05) is 24.3 Å². The molecule has 5 rings (SSSR count). The second-order valence-corrected chi connectivity index (χ2v) is 6.08. The van der Waals surface area contributed by atoms with Gasteiger partial charge in [0.15, 0.2) is 17.2 Å². The Bertz CT molecular complexity index is 1290. The van der Waals surface area contributed by atoms with Gasteiger partial charge in [0.1, 0.15) is 11.2 Å². The van der Waals surface area contributed by atoms with Crippen LogP contribution in [-0.4, -0.2) is 29.5 Å². The second-order valence-electron chi connectivity index (χ2n) is 5.74. The molecule has 27 heavy (non-hydrogen) atoms. The molecular weight excluding hydrogens is 364 g/mol. The fraction of sp³-hybridized carbons (Fsp3) is 0. The predicted octanol–water partition coefficient (Wildman–Crippen LogP) is 4.18. The first-order valence-corrected chi connectivity index (χ1v) is 8.52. The van der Waals surface area contributed by atoms with Gasteiger partial charge in [0.25, 0.3) is 0 Å². The van der Waals surface area contributed by atoms with E-state index in [1.165, 1.54) is 6.20 Å². The zero-order valence-electron chi connectivity index (χ0n) is 13.8. The minimum Gasteiger partial charge on any atom is -0.437 e. The molecule has 7 nitrogen and oxygen atoms in total. The maximum absolute atomic E-state index is 5.89. The molecule has 0 radical (unpaired) electrons. The van der Waals surface area contributed by atoms with Crippen LogP contribution < -0.4 is 4.74 Å². The van der Waals surface area contributed by atoms with Crippen molar-refractivity contribution in [1.82, 2.24) is 29.5 Å². The van der Waals surface area contributed by atoms with Gasteiger partial charge >= 0.3 is 0 Å². The van der Waals surface area contributed by atoms with Gasteiger partial charge in [-0.3, -0.25) is 4.40 Å². The van der Waals surface area contributed by atoms with Gasteiger partial charge in [0, 0.05) is 23.8 Å². The SMILES string of the molecule is Clc1nccc(Oc2cccc3ccc(-c4nnc5ccccn45)nc23)n1. The molecule has 0 spiro atoms. The summed E-state index contributed by atoms with van der Waals surface area (Å²) in [6, 6.07) is 17.0. The van der Waals surface area contributed by atoms with E-state index in [4.69, 9.17) is 21.3 Å². The van der Waals surface area contributed by atoms with Crippen molar-refractivity contribution in [3.8, 4) is 23.1 Å². The third kappa shape index (κ3) is 2.84. The van der Waals surface area contributed by atoms with E-state index >= 15 is 0 Å². The molecule has 0 atom stereocenters. The van der Waals surface area contributed by atoms with Gasteiger partial charge in [0.2, 0.25) is 11.2 Å². The van der Waals surface area contributed by atoms with Crippen molar-refractivity contribution in [3.05, 3.63) is 72.3 Å². The molecule has 130 valence electrons. The van der Waals surface area contributed by atoms with E-state index in [1.807, 2.05) is 59.1 Å². The van der Waals surface area contributed by atoms with Gasteiger partial charge in [0.05, 0.1) is 0 Å². The maximum Gasteiger partial charge on any atom is 0.225 e. The number of nitrogens with zero attached hydrogens (tertiary/aromatic N) is 6. The molecule has 4 heterocycles. The van der Waals surface area contributed by atoms with Crippen molar-refractivity contribution in [2.24, 2.45) is 0 Å². The molecule has 4 aromatic heterocycles. The van der Waals surface area contributed by atoms with Gasteiger partial charge in [-0.25, -0.2) is 9.97 Å². The van der Waals surface area contributed by atoms with E-state index < -0.39 is 0 Å². The average molecular weight is 375 g/mol. The third-order valence-corrected chi connectivity index (χ3v) is 4.22. The molecule has 0 N–H and O–H groups in total. The van der Waals surface area contributed by atoms with Crippen LogP contribution in [0.2, 0.25) is 5.28 Å². The summed E-state index contributed by atoms with van der Waals surface area (Å²) in [5, 5.41) is 9.51. The molecule has 0 saturated carbocycles. The van der Waals surface area contributed by atoms with Crippen LogP contribution in [-0.2, 0) is 0 Å². The summed E-state index contributed by atoms with van der Waals surface area (Å²) in [6.07, 6.45) is 3.44. The lowest BCUT2D eigenvalue weighted by atomic mass is 10.2. The number of hydrogen-bond donors (Lipinski definition) is 0. The summed E-state index contributed by atoms with van der Waals surface area (Å²) in [5.41, 5.74) is 2.14. The number of para-hydroxylation sites is 1. The second kappa shape index (κ2) is 6.30. The molecule has 0 bridgehead atoms. The summed E-state index contributed by atoms with van der Waals surface area (Å²) < 4.78 is 7.78. The Balaban J connectivity index is 1.64. The lowest BCUT2D eigenvalue weighted by Crippen LogP contribution is -1.95. The number of rotatable bonds is 3. The fourth-order valence-corrected chi connectivity index (χ4v) is 2.97. The van der Waals surface area contributed by atoms with Gasteiger partial charge in [-0.05, 0) is 35.9 Å². The largest absolute Gasteiger partial charge is 0.437 e. The van der Waals surface area contributed by atoms with E-state index in [0.29, 0.717) is 28.7 Å². The first kappa shape index (κ1) is 15.7. The molecule has 0 aliphatic rings. The minimum absolute atomic E-state index is 0.122. The van der Waals surface area contributed by atoms with Crippen molar-refractivity contribution >= 4 is 28.2 Å². The third-order valence-electron chi connectivity index (χ3n) is 4.04. The Kier molecular flexibility index (Phi) is 3.65. The highest BCUT2D eigenvalue weighted by molar-refractivity contribution is 6.28. The Morgan fingerprint density at radius 3 is 2.78 bits per heavy atom. The standard InChI is InChI=1S/C19H11ClN6O/c20-19-21-10-9-16(23-19)27-14-5-3-4-12-7-8-13(22-17(12)14)18-25-24-15-6-1-2-11-26(15)18/h1-11H. The van der Waals surface area contributed by atoms with Crippen LogP contribution in [0.4, 0.5) is 0 Å². The Morgan fingerprint density at radius 2 is 1.85 bits per heavy atom. The highest BCUT2D eigenvalue weighted by atomic mass is 35.5. The number of ether oxygens (including phenoxy) is 1. The number of halogens is 1. The van der Waals surface area contributed by atoms with E-state index in [1.54, 1.807) is 6.07 Å². The topological polar surface area (TPSA) is 78.1 Å². The monoisotopic (exact) mass is 374 g/mol. The number of hydrogen-bond acceptors (Lipinski definition) is 6. The van der Waals surface area contributed by atoms with Gasteiger partial charge < -0.3 is 4.74 Å². The van der Waals surface area contributed by atoms with Crippen molar-refractivity contribution in [1.29, 1.82) is 0 Å².